The molecule has 1 N–H and O–H groups in total. The van der Waals surface area contributed by atoms with Gasteiger partial charge in [-0.15, -0.1) is 0 Å². The molecular weight excluding hydrogens is 306 g/mol. The number of amides is 1. The summed E-state index contributed by atoms with van der Waals surface area (Å²) >= 11 is 0. The molecule has 0 aliphatic rings. The van der Waals surface area contributed by atoms with E-state index in [1.54, 1.807) is 0 Å². The van der Waals surface area contributed by atoms with Crippen LogP contribution in [0.3, 0.4) is 0 Å². The van der Waals surface area contributed by atoms with Crippen LogP contribution in [-0.4, -0.2) is 31.3 Å². The van der Waals surface area contributed by atoms with Crippen molar-refractivity contribution in [3.63, 3.8) is 0 Å². The Labute approximate surface area is 147 Å². The first-order valence-electron chi connectivity index (χ1n) is 9.75. The summed E-state index contributed by atoms with van der Waals surface area (Å²) < 4.78 is 10.4. The lowest BCUT2D eigenvalue weighted by Crippen LogP contribution is -2.42. The van der Waals surface area contributed by atoms with Crippen LogP contribution in [0.5, 0.6) is 0 Å². The average Bonchev–Trinajstić information content (AvgIpc) is 2.57. The standard InChI is InChI=1S/C19H37NO4/c1-4-7-9-11-13-15-23-18(21)17(14-6-3)20-19(22)24-16-12-10-8-5-2/h17H,4-16H2,1-3H3,(H,20,22)/t17-/m0/s1. The minimum atomic E-state index is -0.603. The van der Waals surface area contributed by atoms with Gasteiger partial charge in [-0.2, -0.15) is 0 Å². The highest BCUT2D eigenvalue weighted by atomic mass is 16.6. The van der Waals surface area contributed by atoms with E-state index in [1.807, 2.05) is 6.92 Å². The highest BCUT2D eigenvalue weighted by Crippen LogP contribution is 2.05. The number of hydrogen-bond acceptors (Lipinski definition) is 4. The highest BCUT2D eigenvalue weighted by Gasteiger charge is 2.21. The summed E-state index contributed by atoms with van der Waals surface area (Å²) in [5.41, 5.74) is 0. The van der Waals surface area contributed by atoms with Gasteiger partial charge in [0, 0.05) is 0 Å². The van der Waals surface area contributed by atoms with Gasteiger partial charge in [-0.25, -0.2) is 9.59 Å². The van der Waals surface area contributed by atoms with Gasteiger partial charge in [0.25, 0.3) is 0 Å². The van der Waals surface area contributed by atoms with Gasteiger partial charge in [0.2, 0.25) is 0 Å². The molecule has 1 amide bonds. The normalized spacial score (nSPS) is 11.8. The first-order valence-corrected chi connectivity index (χ1v) is 9.75. The van der Waals surface area contributed by atoms with Gasteiger partial charge < -0.3 is 14.8 Å². The van der Waals surface area contributed by atoms with Gasteiger partial charge in [-0.1, -0.05) is 72.1 Å². The van der Waals surface area contributed by atoms with Gasteiger partial charge in [0.1, 0.15) is 6.04 Å². The van der Waals surface area contributed by atoms with Crippen LogP contribution in [0.4, 0.5) is 4.79 Å². The van der Waals surface area contributed by atoms with E-state index in [4.69, 9.17) is 9.47 Å². The van der Waals surface area contributed by atoms with E-state index in [9.17, 15) is 9.59 Å². The Balaban J connectivity index is 3.95. The van der Waals surface area contributed by atoms with Crippen molar-refractivity contribution in [3.05, 3.63) is 0 Å². The Morgan fingerprint density at radius 2 is 1.29 bits per heavy atom. The monoisotopic (exact) mass is 343 g/mol. The molecule has 0 radical (unpaired) electrons. The molecule has 0 aliphatic heterocycles. The second-order valence-electron chi connectivity index (χ2n) is 6.26. The van der Waals surface area contributed by atoms with Crippen molar-refractivity contribution >= 4 is 12.1 Å². The van der Waals surface area contributed by atoms with E-state index < -0.39 is 12.1 Å². The predicted molar refractivity (Wildman–Crippen MR) is 97.0 cm³/mol. The molecule has 0 aromatic carbocycles. The van der Waals surface area contributed by atoms with Crippen LogP contribution < -0.4 is 5.32 Å². The van der Waals surface area contributed by atoms with Crippen LogP contribution >= 0.6 is 0 Å². The largest absolute Gasteiger partial charge is 0.464 e. The summed E-state index contributed by atoms with van der Waals surface area (Å²) in [7, 11) is 0. The summed E-state index contributed by atoms with van der Waals surface area (Å²) in [5, 5.41) is 2.63. The number of alkyl carbamates (subject to hydrolysis) is 1. The lowest BCUT2D eigenvalue weighted by atomic mass is 10.1. The molecule has 5 heteroatoms. The first kappa shape index (κ1) is 22.7. The number of esters is 1. The molecule has 0 rings (SSSR count). The maximum absolute atomic E-state index is 12.1. The van der Waals surface area contributed by atoms with Gasteiger partial charge in [-0.3, -0.25) is 0 Å². The molecule has 0 aromatic heterocycles. The quantitative estimate of drug-likeness (QED) is 0.336. The van der Waals surface area contributed by atoms with E-state index in [2.05, 4.69) is 19.2 Å². The molecular formula is C19H37NO4. The van der Waals surface area contributed by atoms with Crippen molar-refractivity contribution in [2.45, 2.75) is 97.4 Å². The summed E-state index contributed by atoms with van der Waals surface area (Å²) in [4.78, 5) is 23.9. The van der Waals surface area contributed by atoms with Crippen LogP contribution in [0.1, 0.15) is 91.4 Å². The fourth-order valence-electron chi connectivity index (χ4n) is 2.39. The van der Waals surface area contributed by atoms with Crippen molar-refractivity contribution in [1.82, 2.24) is 5.32 Å². The van der Waals surface area contributed by atoms with Crippen molar-refractivity contribution in [1.29, 1.82) is 0 Å². The fraction of sp³-hybridized carbons (Fsp3) is 0.895. The molecule has 0 fully saturated rings. The second-order valence-corrected chi connectivity index (χ2v) is 6.26. The number of rotatable bonds is 15. The van der Waals surface area contributed by atoms with Crippen LogP contribution in [0.25, 0.3) is 0 Å². The molecule has 0 aliphatic carbocycles. The molecule has 0 bridgehead atoms. The van der Waals surface area contributed by atoms with E-state index in [1.165, 1.54) is 19.3 Å². The number of carbonyl (C=O) groups excluding carboxylic acids is 2. The maximum Gasteiger partial charge on any atom is 0.407 e. The van der Waals surface area contributed by atoms with Crippen LogP contribution in [0.15, 0.2) is 0 Å². The molecule has 5 nitrogen and oxygen atoms in total. The molecule has 0 spiro atoms. The Morgan fingerprint density at radius 3 is 1.88 bits per heavy atom. The third-order valence-electron chi connectivity index (χ3n) is 3.88. The lowest BCUT2D eigenvalue weighted by molar-refractivity contribution is -0.146. The van der Waals surface area contributed by atoms with Crippen LogP contribution in [-0.2, 0) is 14.3 Å². The lowest BCUT2D eigenvalue weighted by Gasteiger charge is -2.17. The molecule has 1 atom stereocenters. The van der Waals surface area contributed by atoms with Gasteiger partial charge in [0.15, 0.2) is 0 Å². The molecule has 24 heavy (non-hydrogen) atoms. The molecule has 0 heterocycles. The van der Waals surface area contributed by atoms with Crippen molar-refractivity contribution in [2.24, 2.45) is 0 Å². The zero-order chi connectivity index (χ0) is 18.0. The van der Waals surface area contributed by atoms with E-state index in [0.717, 1.165) is 44.9 Å². The van der Waals surface area contributed by atoms with Crippen LogP contribution in [0, 0.1) is 0 Å². The minimum absolute atomic E-state index is 0.352. The molecule has 0 aromatic rings. The van der Waals surface area contributed by atoms with Crippen molar-refractivity contribution < 1.29 is 19.1 Å². The number of unbranched alkanes of at least 4 members (excludes halogenated alkanes) is 7. The topological polar surface area (TPSA) is 64.6 Å². The fourth-order valence-corrected chi connectivity index (χ4v) is 2.39. The van der Waals surface area contributed by atoms with Gasteiger partial charge in [-0.05, 0) is 19.3 Å². The summed E-state index contributed by atoms with van der Waals surface area (Å²) in [5.74, 6) is -0.352. The Morgan fingerprint density at radius 1 is 0.750 bits per heavy atom. The SMILES string of the molecule is CCCCCCCOC(=O)[C@H](CCC)NC(=O)OCCCCCC. The van der Waals surface area contributed by atoms with Gasteiger partial charge in [0.05, 0.1) is 13.2 Å². The Kier molecular flexibility index (Phi) is 15.7. The third-order valence-corrected chi connectivity index (χ3v) is 3.88. The molecule has 0 unspecified atom stereocenters. The predicted octanol–water partition coefficient (Wildman–Crippen LogP) is 4.98. The van der Waals surface area contributed by atoms with E-state index in [0.29, 0.717) is 19.6 Å². The Hall–Kier alpha value is -1.26. The molecule has 142 valence electrons. The minimum Gasteiger partial charge on any atom is -0.464 e. The second kappa shape index (κ2) is 16.6. The Bertz CT molecular complexity index is 320. The molecule has 0 saturated heterocycles. The number of ether oxygens (including phenoxy) is 2. The van der Waals surface area contributed by atoms with Crippen molar-refractivity contribution in [2.75, 3.05) is 13.2 Å². The first-order chi connectivity index (χ1) is 11.7. The summed E-state index contributed by atoms with van der Waals surface area (Å²) in [6.07, 6.45) is 10.6. The molecule has 0 saturated carbocycles. The zero-order valence-corrected chi connectivity index (χ0v) is 15.9. The highest BCUT2D eigenvalue weighted by molar-refractivity contribution is 5.81. The van der Waals surface area contributed by atoms with E-state index in [-0.39, 0.29) is 5.97 Å². The average molecular weight is 344 g/mol. The van der Waals surface area contributed by atoms with Crippen molar-refractivity contribution in [3.8, 4) is 0 Å². The summed E-state index contributed by atoms with van der Waals surface area (Å²) in [6, 6.07) is -0.603. The summed E-state index contributed by atoms with van der Waals surface area (Å²) in [6.45, 7) is 7.11. The number of carbonyl (C=O) groups is 2. The third kappa shape index (κ3) is 13.2. The van der Waals surface area contributed by atoms with E-state index >= 15 is 0 Å². The van der Waals surface area contributed by atoms with Gasteiger partial charge >= 0.3 is 12.1 Å². The van der Waals surface area contributed by atoms with Crippen LogP contribution in [0.2, 0.25) is 0 Å². The maximum atomic E-state index is 12.1. The zero-order valence-electron chi connectivity index (χ0n) is 15.9. The smallest absolute Gasteiger partial charge is 0.407 e. The number of nitrogens with one attached hydrogen (secondary N) is 1. The number of hydrogen-bond donors (Lipinski definition) is 1.